The fourth-order valence-corrected chi connectivity index (χ4v) is 3.34. The zero-order valence-electron chi connectivity index (χ0n) is 16.7. The number of benzene rings is 2. The fraction of sp³-hybridized carbons (Fsp3) is 0.136. The molecule has 0 amide bonds. The normalized spacial score (nSPS) is 11.4. The Hall–Kier alpha value is -4.26. The van der Waals surface area contributed by atoms with Gasteiger partial charge in [0.05, 0.1) is 48.7 Å². The zero-order chi connectivity index (χ0) is 23.0. The van der Waals surface area contributed by atoms with Crippen LogP contribution in [0.1, 0.15) is 11.3 Å². The third kappa shape index (κ3) is 3.43. The molecule has 0 bridgehead atoms. The van der Waals surface area contributed by atoms with Crippen molar-refractivity contribution in [2.75, 3.05) is 14.2 Å². The van der Waals surface area contributed by atoms with E-state index in [1.54, 1.807) is 18.2 Å². The van der Waals surface area contributed by atoms with Gasteiger partial charge in [-0.15, -0.1) is 0 Å². The van der Waals surface area contributed by atoms with E-state index in [2.05, 4.69) is 5.10 Å². The Morgan fingerprint density at radius 2 is 1.94 bits per heavy atom. The molecule has 0 radical (unpaired) electrons. The van der Waals surface area contributed by atoms with Crippen LogP contribution in [-0.4, -0.2) is 24.0 Å². The number of hydrogen-bond acceptors (Lipinski definition) is 6. The van der Waals surface area contributed by atoms with Gasteiger partial charge < -0.3 is 13.9 Å². The van der Waals surface area contributed by atoms with E-state index in [1.165, 1.54) is 43.3 Å². The highest BCUT2D eigenvalue weighted by Gasteiger charge is 2.40. The van der Waals surface area contributed by atoms with E-state index in [0.29, 0.717) is 11.3 Å². The van der Waals surface area contributed by atoms with Crippen molar-refractivity contribution in [1.82, 2.24) is 9.78 Å². The second-order valence-corrected chi connectivity index (χ2v) is 6.65. The van der Waals surface area contributed by atoms with Crippen LogP contribution in [0.5, 0.6) is 11.5 Å². The second kappa shape index (κ2) is 7.77. The van der Waals surface area contributed by atoms with Gasteiger partial charge in [0.2, 0.25) is 16.9 Å². The average molecular weight is 441 g/mol. The summed E-state index contributed by atoms with van der Waals surface area (Å²) in [5.41, 5.74) is -1.25. The molecule has 0 atom stereocenters. The Morgan fingerprint density at radius 3 is 2.59 bits per heavy atom. The summed E-state index contributed by atoms with van der Waals surface area (Å²) in [6, 6.07) is 11.0. The lowest BCUT2D eigenvalue weighted by atomic mass is 10.0. The molecule has 4 aromatic rings. The number of nitriles is 1. The molecule has 0 saturated carbocycles. The van der Waals surface area contributed by atoms with Crippen molar-refractivity contribution in [1.29, 1.82) is 5.26 Å². The first-order valence-electron chi connectivity index (χ1n) is 9.13. The number of hydrogen-bond donors (Lipinski definition) is 0. The molecular weight excluding hydrogens is 427 g/mol. The summed E-state index contributed by atoms with van der Waals surface area (Å²) >= 11 is 0. The Labute approximate surface area is 178 Å². The van der Waals surface area contributed by atoms with Crippen LogP contribution < -0.4 is 14.9 Å². The number of nitrogens with zero attached hydrogens (tertiary/aromatic N) is 3. The van der Waals surface area contributed by atoms with Gasteiger partial charge in [-0.25, -0.2) is 4.68 Å². The van der Waals surface area contributed by atoms with Crippen LogP contribution in [0.25, 0.3) is 27.8 Å². The van der Waals surface area contributed by atoms with Crippen molar-refractivity contribution in [2.45, 2.75) is 6.18 Å². The molecule has 0 aliphatic heterocycles. The van der Waals surface area contributed by atoms with Crippen LogP contribution in [0.2, 0.25) is 0 Å². The molecule has 0 N–H and O–H groups in total. The fourth-order valence-electron chi connectivity index (χ4n) is 3.34. The molecule has 0 saturated heterocycles. The van der Waals surface area contributed by atoms with E-state index in [-0.39, 0.29) is 28.0 Å². The average Bonchev–Trinajstić information content (AvgIpc) is 3.27. The predicted molar refractivity (Wildman–Crippen MR) is 108 cm³/mol. The maximum absolute atomic E-state index is 13.9. The van der Waals surface area contributed by atoms with Crippen molar-refractivity contribution >= 4 is 11.0 Å². The van der Waals surface area contributed by atoms with Gasteiger partial charge in [-0.05, 0) is 30.3 Å². The minimum absolute atomic E-state index is 0.0925. The minimum Gasteiger partial charge on any atom is -0.493 e. The van der Waals surface area contributed by atoms with Crippen LogP contribution in [0, 0.1) is 11.3 Å². The molecule has 7 nitrogen and oxygen atoms in total. The van der Waals surface area contributed by atoms with E-state index < -0.39 is 22.9 Å². The molecule has 0 unspecified atom stereocenters. The van der Waals surface area contributed by atoms with Crippen molar-refractivity contribution in [3.63, 3.8) is 0 Å². The second-order valence-electron chi connectivity index (χ2n) is 6.65. The zero-order valence-corrected chi connectivity index (χ0v) is 16.7. The molecule has 162 valence electrons. The molecule has 0 fully saturated rings. The van der Waals surface area contributed by atoms with E-state index in [9.17, 15) is 18.0 Å². The standard InChI is InChI=1S/C22H14F3N3O4/c1-30-16-7-6-15-18(29)17(21(22(23,24)25)32-19(15)20(16)31-2)13-10-27-28(11-13)14-5-3-4-12(8-14)9-26/h3-8,10-11H,1-2H3. The van der Waals surface area contributed by atoms with Gasteiger partial charge >= 0.3 is 6.18 Å². The lowest BCUT2D eigenvalue weighted by Crippen LogP contribution is -2.16. The summed E-state index contributed by atoms with van der Waals surface area (Å²) in [5, 5.41) is 13.0. The number of halogens is 3. The number of ether oxygens (including phenoxy) is 2. The largest absolute Gasteiger partial charge is 0.493 e. The molecule has 2 aromatic heterocycles. The van der Waals surface area contributed by atoms with Crippen LogP contribution >= 0.6 is 0 Å². The van der Waals surface area contributed by atoms with E-state index in [4.69, 9.17) is 19.2 Å². The highest BCUT2D eigenvalue weighted by Crippen LogP contribution is 2.41. The van der Waals surface area contributed by atoms with Crippen molar-refractivity contribution in [3.05, 3.63) is 70.3 Å². The Bertz CT molecular complexity index is 1430. The van der Waals surface area contributed by atoms with Crippen LogP contribution in [0.15, 0.2) is 58.0 Å². The number of methoxy groups -OCH3 is 2. The number of aromatic nitrogens is 2. The number of fused-ring (bicyclic) bond motifs is 1. The molecule has 2 aromatic carbocycles. The van der Waals surface area contributed by atoms with Gasteiger partial charge in [-0.1, -0.05) is 6.07 Å². The van der Waals surface area contributed by atoms with Crippen LogP contribution in [0.3, 0.4) is 0 Å². The van der Waals surface area contributed by atoms with Gasteiger partial charge in [0.25, 0.3) is 0 Å². The highest BCUT2D eigenvalue weighted by molar-refractivity contribution is 5.89. The van der Waals surface area contributed by atoms with E-state index in [1.807, 2.05) is 6.07 Å². The molecule has 0 aliphatic rings. The molecule has 0 spiro atoms. The number of alkyl halides is 3. The summed E-state index contributed by atoms with van der Waals surface area (Å²) in [5.74, 6) is -1.48. The van der Waals surface area contributed by atoms with Crippen molar-refractivity contribution in [3.8, 4) is 34.4 Å². The van der Waals surface area contributed by atoms with Gasteiger partial charge in [0, 0.05) is 11.8 Å². The van der Waals surface area contributed by atoms with Gasteiger partial charge in [-0.2, -0.15) is 23.5 Å². The van der Waals surface area contributed by atoms with Crippen molar-refractivity contribution in [2.24, 2.45) is 0 Å². The first-order valence-corrected chi connectivity index (χ1v) is 9.13. The van der Waals surface area contributed by atoms with E-state index in [0.717, 1.165) is 6.20 Å². The topological polar surface area (TPSA) is 90.3 Å². The van der Waals surface area contributed by atoms with Gasteiger partial charge in [-0.3, -0.25) is 4.79 Å². The minimum atomic E-state index is -4.97. The molecular formula is C22H14F3N3O4. The first-order chi connectivity index (χ1) is 15.3. The Balaban J connectivity index is 1.99. The molecule has 0 aliphatic carbocycles. The lowest BCUT2D eigenvalue weighted by molar-refractivity contribution is -0.152. The lowest BCUT2D eigenvalue weighted by Gasteiger charge is -2.14. The highest BCUT2D eigenvalue weighted by atomic mass is 19.4. The van der Waals surface area contributed by atoms with Crippen LogP contribution in [0.4, 0.5) is 13.2 Å². The monoisotopic (exact) mass is 441 g/mol. The Kier molecular flexibility index (Phi) is 5.10. The van der Waals surface area contributed by atoms with E-state index >= 15 is 0 Å². The smallest absolute Gasteiger partial charge is 0.450 e. The summed E-state index contributed by atoms with van der Waals surface area (Å²) in [4.78, 5) is 13.2. The summed E-state index contributed by atoms with van der Waals surface area (Å²) in [7, 11) is 2.55. The van der Waals surface area contributed by atoms with Gasteiger partial charge in [0.1, 0.15) is 0 Å². The molecule has 4 rings (SSSR count). The third-order valence-corrected chi connectivity index (χ3v) is 4.77. The maximum atomic E-state index is 13.9. The Morgan fingerprint density at radius 1 is 1.16 bits per heavy atom. The first kappa shape index (κ1) is 21.0. The maximum Gasteiger partial charge on any atom is 0.450 e. The summed E-state index contributed by atoms with van der Waals surface area (Å²) in [6.07, 6.45) is -2.57. The predicted octanol–water partition coefficient (Wildman–Crippen LogP) is 4.55. The molecule has 32 heavy (non-hydrogen) atoms. The summed E-state index contributed by atoms with van der Waals surface area (Å²) in [6.45, 7) is 0. The molecule has 10 heteroatoms. The van der Waals surface area contributed by atoms with Crippen molar-refractivity contribution < 1.29 is 27.1 Å². The number of rotatable bonds is 4. The SMILES string of the molecule is COc1ccc2c(=O)c(-c3cnn(-c4cccc(C#N)c4)c3)c(C(F)(F)F)oc2c1OC. The van der Waals surface area contributed by atoms with Crippen LogP contribution in [-0.2, 0) is 6.18 Å². The molecule has 2 heterocycles. The quantitative estimate of drug-likeness (QED) is 0.462. The summed E-state index contributed by atoms with van der Waals surface area (Å²) < 4.78 is 58.5. The third-order valence-electron chi connectivity index (χ3n) is 4.77. The van der Waals surface area contributed by atoms with Gasteiger partial charge in [0.15, 0.2) is 11.3 Å².